The van der Waals surface area contributed by atoms with Crippen LogP contribution in [-0.2, 0) is 38.1 Å². The van der Waals surface area contributed by atoms with Gasteiger partial charge in [0.2, 0.25) is 0 Å². The third-order valence-electron chi connectivity index (χ3n) is 6.40. The first-order valence-corrected chi connectivity index (χ1v) is 12.3. The molecule has 2 heterocycles. The number of phenols is 3. The van der Waals surface area contributed by atoms with Crippen LogP contribution in [0.3, 0.4) is 0 Å². The molecule has 5 atom stereocenters. The summed E-state index contributed by atoms with van der Waals surface area (Å²) in [6, 6.07) is 8.39. The highest BCUT2D eigenvalue weighted by atomic mass is 16.8. The molecule has 2 aliphatic rings. The fourth-order valence-electron chi connectivity index (χ4n) is 4.36. The molecule has 2 aromatic rings. The molecule has 0 radical (unpaired) electrons. The topological polar surface area (TPSA) is 188 Å². The molecule has 218 valence electrons. The van der Waals surface area contributed by atoms with Crippen LogP contribution < -0.4 is 4.74 Å². The first-order valence-electron chi connectivity index (χ1n) is 12.3. The molecule has 41 heavy (non-hydrogen) atoms. The molecular weight excluding hydrogens is 544 g/mol. The number of aliphatic hydroxyl groups is 1. The lowest BCUT2D eigenvalue weighted by Crippen LogP contribution is -2.55. The standard InChI is InChI=1S/C28H28O13/c1-36-20-12-16(4-8-18(20)30)6-10-24(33)39-21-13-28(27(35)37-2)40-22(26(41-28)25(21)34)14-38-23(32)9-5-15-3-7-17(29)19(31)11-15/h3-12,21-22,25-26,29-31,34H,13-14H2,1-2H3/b9-5+,10-6+/t21-,22+,25-,26?,28+/m0/s1. The van der Waals surface area contributed by atoms with Gasteiger partial charge in [0.25, 0.3) is 5.79 Å². The number of ether oxygens (including phenoxy) is 6. The number of hydrogen-bond acceptors (Lipinski definition) is 13. The molecule has 4 rings (SSSR count). The van der Waals surface area contributed by atoms with Crippen molar-refractivity contribution in [3.05, 3.63) is 59.7 Å². The van der Waals surface area contributed by atoms with Gasteiger partial charge in [-0.1, -0.05) is 12.1 Å². The molecule has 4 N–H and O–H groups in total. The lowest BCUT2D eigenvalue weighted by Gasteiger charge is -2.36. The van der Waals surface area contributed by atoms with E-state index in [0.717, 1.165) is 19.3 Å². The fourth-order valence-corrected chi connectivity index (χ4v) is 4.36. The Balaban J connectivity index is 1.41. The zero-order valence-electron chi connectivity index (χ0n) is 22.0. The summed E-state index contributed by atoms with van der Waals surface area (Å²) in [5.41, 5.74) is 0.939. The van der Waals surface area contributed by atoms with Crippen LogP contribution in [0.15, 0.2) is 48.6 Å². The zero-order valence-corrected chi connectivity index (χ0v) is 22.0. The number of hydrogen-bond donors (Lipinski definition) is 4. The van der Waals surface area contributed by atoms with E-state index >= 15 is 0 Å². The molecule has 0 spiro atoms. The maximum absolute atomic E-state index is 12.6. The molecule has 2 aromatic carbocycles. The molecule has 13 heteroatoms. The van der Waals surface area contributed by atoms with Crippen molar-refractivity contribution < 1.29 is 63.2 Å². The summed E-state index contributed by atoms with van der Waals surface area (Å²) in [5, 5.41) is 39.5. The maximum atomic E-state index is 12.6. The fraction of sp³-hybridized carbons (Fsp3) is 0.321. The van der Waals surface area contributed by atoms with Gasteiger partial charge in [-0.2, -0.15) is 0 Å². The molecule has 0 aliphatic carbocycles. The first kappa shape index (κ1) is 29.4. The molecule has 2 bridgehead atoms. The van der Waals surface area contributed by atoms with Crippen LogP contribution in [0, 0.1) is 0 Å². The van der Waals surface area contributed by atoms with E-state index in [1.807, 2.05) is 0 Å². The van der Waals surface area contributed by atoms with E-state index in [4.69, 9.17) is 28.4 Å². The van der Waals surface area contributed by atoms with Crippen molar-refractivity contribution in [3.63, 3.8) is 0 Å². The summed E-state index contributed by atoms with van der Waals surface area (Å²) in [6.07, 6.45) is -0.469. The third-order valence-corrected chi connectivity index (χ3v) is 6.40. The smallest absolute Gasteiger partial charge is 0.366 e. The van der Waals surface area contributed by atoms with Crippen molar-refractivity contribution in [1.82, 2.24) is 0 Å². The van der Waals surface area contributed by atoms with Gasteiger partial charge in [0.05, 0.1) is 20.6 Å². The van der Waals surface area contributed by atoms with Crippen LogP contribution in [-0.4, -0.2) is 89.4 Å². The average Bonchev–Trinajstić information content (AvgIpc) is 3.29. The van der Waals surface area contributed by atoms with Gasteiger partial charge in [-0.3, -0.25) is 0 Å². The van der Waals surface area contributed by atoms with Crippen LogP contribution in [0.1, 0.15) is 17.5 Å². The number of methoxy groups -OCH3 is 2. The lowest BCUT2D eigenvalue weighted by molar-refractivity contribution is -0.249. The van der Waals surface area contributed by atoms with E-state index in [9.17, 15) is 34.8 Å². The van der Waals surface area contributed by atoms with Crippen molar-refractivity contribution in [3.8, 4) is 23.0 Å². The zero-order chi connectivity index (χ0) is 29.7. The normalized spacial score (nSPS) is 25.2. The highest BCUT2D eigenvalue weighted by molar-refractivity contribution is 5.88. The molecule has 0 saturated carbocycles. The molecule has 13 nitrogen and oxygen atoms in total. The van der Waals surface area contributed by atoms with Crippen LogP contribution in [0.4, 0.5) is 0 Å². The van der Waals surface area contributed by atoms with Crippen LogP contribution >= 0.6 is 0 Å². The minimum absolute atomic E-state index is 0.0741. The van der Waals surface area contributed by atoms with Gasteiger partial charge in [0.15, 0.2) is 23.0 Å². The van der Waals surface area contributed by atoms with Crippen molar-refractivity contribution in [2.75, 3.05) is 20.8 Å². The Labute approximate surface area is 233 Å². The quantitative estimate of drug-likeness (QED) is 0.146. The molecule has 1 unspecified atom stereocenters. The number of aromatic hydroxyl groups is 3. The predicted molar refractivity (Wildman–Crippen MR) is 138 cm³/mol. The minimum Gasteiger partial charge on any atom is -0.504 e. The van der Waals surface area contributed by atoms with Gasteiger partial charge in [-0.25, -0.2) is 14.4 Å². The van der Waals surface area contributed by atoms with Gasteiger partial charge in [0, 0.05) is 12.2 Å². The largest absolute Gasteiger partial charge is 0.504 e. The van der Waals surface area contributed by atoms with Gasteiger partial charge >= 0.3 is 17.9 Å². The minimum atomic E-state index is -2.01. The number of carbonyl (C=O) groups excluding carboxylic acids is 3. The van der Waals surface area contributed by atoms with Crippen molar-refractivity contribution in [1.29, 1.82) is 0 Å². The van der Waals surface area contributed by atoms with Crippen molar-refractivity contribution >= 4 is 30.1 Å². The number of rotatable bonds is 9. The molecule has 0 amide bonds. The summed E-state index contributed by atoms with van der Waals surface area (Å²) in [5.74, 6) is -5.12. The van der Waals surface area contributed by atoms with E-state index in [1.54, 1.807) is 6.07 Å². The second-order valence-corrected chi connectivity index (χ2v) is 9.13. The lowest BCUT2D eigenvalue weighted by atomic mass is 9.95. The van der Waals surface area contributed by atoms with Gasteiger partial charge in [0.1, 0.15) is 31.0 Å². The molecule has 2 aliphatic heterocycles. The predicted octanol–water partition coefficient (Wildman–Crippen LogP) is 1.41. The van der Waals surface area contributed by atoms with E-state index in [0.29, 0.717) is 11.1 Å². The number of fused-ring (bicyclic) bond motifs is 2. The Morgan fingerprint density at radius 2 is 1.59 bits per heavy atom. The Morgan fingerprint density at radius 3 is 2.24 bits per heavy atom. The van der Waals surface area contributed by atoms with Crippen LogP contribution in [0.2, 0.25) is 0 Å². The van der Waals surface area contributed by atoms with Crippen molar-refractivity contribution in [2.24, 2.45) is 0 Å². The molecule has 0 aromatic heterocycles. The average molecular weight is 573 g/mol. The van der Waals surface area contributed by atoms with E-state index in [-0.39, 0.29) is 23.0 Å². The number of carbonyl (C=O) groups is 3. The van der Waals surface area contributed by atoms with E-state index < -0.39 is 61.1 Å². The Kier molecular flexibility index (Phi) is 8.81. The number of esters is 3. The third kappa shape index (κ3) is 6.60. The molecular formula is C28H28O13. The van der Waals surface area contributed by atoms with E-state index in [2.05, 4.69) is 0 Å². The number of phenolic OH excluding ortho intramolecular Hbond substituents is 3. The Hall–Kier alpha value is -4.59. The summed E-state index contributed by atoms with van der Waals surface area (Å²) >= 11 is 0. The van der Waals surface area contributed by atoms with Gasteiger partial charge in [-0.15, -0.1) is 0 Å². The first-order chi connectivity index (χ1) is 19.5. The van der Waals surface area contributed by atoms with Crippen LogP contribution in [0.5, 0.6) is 23.0 Å². The summed E-state index contributed by atoms with van der Waals surface area (Å²) in [6.45, 7) is -0.423. The summed E-state index contributed by atoms with van der Waals surface area (Å²) < 4.78 is 31.9. The second-order valence-electron chi connectivity index (χ2n) is 9.13. The molecule has 2 saturated heterocycles. The Bertz CT molecular complexity index is 1370. The SMILES string of the molecule is COC(=O)[C@@]12C[C@H](OC(=O)/C=C/c3ccc(O)c(OC)c3)[C@H](O)C(O1)[C@@H](COC(=O)/C=C/c1ccc(O)c(O)c1)O2. The number of benzene rings is 2. The maximum Gasteiger partial charge on any atom is 0.366 e. The molecule has 2 fully saturated rings. The van der Waals surface area contributed by atoms with E-state index in [1.165, 1.54) is 49.6 Å². The van der Waals surface area contributed by atoms with Gasteiger partial charge < -0.3 is 48.8 Å². The summed E-state index contributed by atoms with van der Waals surface area (Å²) in [4.78, 5) is 37.4. The monoisotopic (exact) mass is 572 g/mol. The Morgan fingerprint density at radius 1 is 0.927 bits per heavy atom. The van der Waals surface area contributed by atoms with Crippen LogP contribution in [0.25, 0.3) is 12.2 Å². The highest BCUT2D eigenvalue weighted by Crippen LogP contribution is 2.42. The van der Waals surface area contributed by atoms with Gasteiger partial charge in [-0.05, 0) is 47.5 Å². The summed E-state index contributed by atoms with van der Waals surface area (Å²) in [7, 11) is 2.49. The van der Waals surface area contributed by atoms with Crippen molar-refractivity contribution in [2.45, 2.75) is 36.6 Å². The highest BCUT2D eigenvalue weighted by Gasteiger charge is 2.63. The second kappa shape index (κ2) is 12.3. The number of aliphatic hydroxyl groups excluding tert-OH is 1.